The van der Waals surface area contributed by atoms with Crippen molar-refractivity contribution < 1.29 is 14.4 Å². The molecule has 3 nitrogen and oxygen atoms in total. The van der Waals surface area contributed by atoms with Crippen molar-refractivity contribution in [1.29, 1.82) is 0 Å². The smallest absolute Gasteiger partial charge is 0.315 e. The minimum Gasteiger partial charge on any atom is -0.462 e. The first-order valence-corrected chi connectivity index (χ1v) is 10.2. The standard InChI is InChI=1S/C23H31NO2/c1-16-8-7-11-23(2)13-21-18(12-20(16)23)19(22(25)26-21)15-24(3)14-17-9-5-4-6-10-17/h4-6,9-10,18-21H,1,7-8,11-15H2,2-3H3/p+1/t18-,19-,20-,21-,23-/m1/s1. The van der Waals surface area contributed by atoms with Crippen LogP contribution in [0.3, 0.4) is 0 Å². The number of ether oxygens (including phenoxy) is 1. The fraction of sp³-hybridized carbons (Fsp3) is 0.609. The van der Waals surface area contributed by atoms with Crippen molar-refractivity contribution in [3.05, 3.63) is 48.0 Å². The lowest BCUT2D eigenvalue weighted by molar-refractivity contribution is -0.896. The maximum Gasteiger partial charge on any atom is 0.315 e. The molecule has 26 heavy (non-hydrogen) atoms. The van der Waals surface area contributed by atoms with Crippen LogP contribution >= 0.6 is 0 Å². The van der Waals surface area contributed by atoms with Gasteiger partial charge in [0.05, 0.1) is 13.6 Å². The molecule has 0 radical (unpaired) electrons. The number of quaternary nitrogens is 1. The van der Waals surface area contributed by atoms with Gasteiger partial charge in [0.15, 0.2) is 0 Å². The van der Waals surface area contributed by atoms with Gasteiger partial charge in [-0.15, -0.1) is 0 Å². The minimum absolute atomic E-state index is 0.0419. The lowest BCUT2D eigenvalue weighted by atomic mass is 9.55. The normalized spacial score (nSPS) is 37.6. The van der Waals surface area contributed by atoms with Gasteiger partial charge in [0, 0.05) is 11.5 Å². The molecular formula is C23H32NO2+. The van der Waals surface area contributed by atoms with Crippen LogP contribution in [0.4, 0.5) is 0 Å². The molecule has 0 spiro atoms. The average molecular weight is 355 g/mol. The Kier molecular flexibility index (Phi) is 4.68. The van der Waals surface area contributed by atoms with Crippen LogP contribution in [0.2, 0.25) is 0 Å². The molecule has 0 aromatic heterocycles. The quantitative estimate of drug-likeness (QED) is 0.666. The van der Waals surface area contributed by atoms with Crippen LogP contribution in [0.5, 0.6) is 0 Å². The number of nitrogens with one attached hydrogen (secondary N) is 1. The van der Waals surface area contributed by atoms with Crippen molar-refractivity contribution >= 4 is 5.97 Å². The summed E-state index contributed by atoms with van der Waals surface area (Å²) in [6.45, 7) is 8.60. The van der Waals surface area contributed by atoms with Crippen LogP contribution in [0.15, 0.2) is 42.5 Å². The highest BCUT2D eigenvalue weighted by molar-refractivity contribution is 5.75. The number of carbonyl (C=O) groups excluding carboxylic acids is 1. The highest BCUT2D eigenvalue weighted by atomic mass is 16.6. The molecule has 6 atom stereocenters. The molecule has 3 aliphatic rings. The van der Waals surface area contributed by atoms with Crippen molar-refractivity contribution in [1.82, 2.24) is 0 Å². The van der Waals surface area contributed by atoms with E-state index in [0.29, 0.717) is 11.8 Å². The zero-order chi connectivity index (χ0) is 18.3. The summed E-state index contributed by atoms with van der Waals surface area (Å²) in [4.78, 5) is 14.0. The minimum atomic E-state index is 0.0419. The summed E-state index contributed by atoms with van der Waals surface area (Å²) < 4.78 is 5.90. The zero-order valence-electron chi connectivity index (χ0n) is 16.2. The Bertz CT molecular complexity index is 685. The Morgan fingerprint density at radius 1 is 1.31 bits per heavy atom. The van der Waals surface area contributed by atoms with E-state index >= 15 is 0 Å². The summed E-state index contributed by atoms with van der Waals surface area (Å²) in [7, 11) is 2.19. The van der Waals surface area contributed by atoms with Gasteiger partial charge in [-0.3, -0.25) is 4.79 Å². The van der Waals surface area contributed by atoms with Crippen LogP contribution in [-0.4, -0.2) is 25.7 Å². The Morgan fingerprint density at radius 3 is 2.85 bits per heavy atom. The van der Waals surface area contributed by atoms with E-state index in [1.807, 2.05) is 6.07 Å². The summed E-state index contributed by atoms with van der Waals surface area (Å²) in [6.07, 6.45) is 5.91. The van der Waals surface area contributed by atoms with E-state index in [9.17, 15) is 4.79 Å². The Hall–Kier alpha value is -1.61. The van der Waals surface area contributed by atoms with E-state index in [-0.39, 0.29) is 23.4 Å². The third kappa shape index (κ3) is 3.22. The predicted molar refractivity (Wildman–Crippen MR) is 103 cm³/mol. The van der Waals surface area contributed by atoms with Crippen molar-refractivity contribution in [3.8, 4) is 0 Å². The summed E-state index contributed by atoms with van der Waals surface area (Å²) in [5, 5.41) is 0. The number of hydrogen-bond donors (Lipinski definition) is 1. The number of hydrogen-bond acceptors (Lipinski definition) is 2. The topological polar surface area (TPSA) is 30.7 Å². The van der Waals surface area contributed by atoms with Crippen molar-refractivity contribution in [2.45, 2.75) is 51.7 Å². The summed E-state index contributed by atoms with van der Waals surface area (Å²) in [5.41, 5.74) is 3.03. The van der Waals surface area contributed by atoms with Gasteiger partial charge >= 0.3 is 5.97 Å². The number of rotatable bonds is 4. The van der Waals surface area contributed by atoms with E-state index in [2.05, 4.69) is 44.8 Å². The molecule has 0 bridgehead atoms. The van der Waals surface area contributed by atoms with Crippen molar-refractivity contribution in [2.75, 3.05) is 13.6 Å². The molecular weight excluding hydrogens is 322 g/mol. The van der Waals surface area contributed by atoms with Gasteiger partial charge < -0.3 is 9.64 Å². The average Bonchev–Trinajstić information content (AvgIpc) is 2.88. The monoisotopic (exact) mass is 354 g/mol. The van der Waals surface area contributed by atoms with Gasteiger partial charge in [0.2, 0.25) is 0 Å². The highest BCUT2D eigenvalue weighted by Crippen LogP contribution is 2.56. The molecule has 1 aliphatic heterocycles. The van der Waals surface area contributed by atoms with Crippen molar-refractivity contribution in [2.24, 2.45) is 23.2 Å². The number of allylic oxidation sites excluding steroid dienone is 1. The lowest BCUT2D eigenvalue weighted by Crippen LogP contribution is -3.08. The SMILES string of the molecule is C=C1CCC[C@]2(C)C[C@H]3OC(=O)[C@H](C[NH+](C)Cc4ccccc4)[C@H]3C[C@H]12. The number of esters is 1. The molecule has 2 saturated carbocycles. The van der Waals surface area contributed by atoms with E-state index < -0.39 is 0 Å². The first-order valence-electron chi connectivity index (χ1n) is 10.2. The maximum atomic E-state index is 12.7. The van der Waals surface area contributed by atoms with Crippen LogP contribution < -0.4 is 4.90 Å². The Balaban J connectivity index is 1.46. The molecule has 2 aliphatic carbocycles. The molecule has 1 saturated heterocycles. The van der Waals surface area contributed by atoms with Crippen LogP contribution in [0, 0.1) is 23.2 Å². The Labute approximate surface area is 157 Å². The second kappa shape index (κ2) is 6.84. The van der Waals surface area contributed by atoms with Gasteiger partial charge in [-0.1, -0.05) is 49.4 Å². The first kappa shape index (κ1) is 17.8. The number of carbonyl (C=O) groups is 1. The molecule has 3 heteroatoms. The van der Waals surface area contributed by atoms with E-state index in [1.165, 1.54) is 28.9 Å². The summed E-state index contributed by atoms with van der Waals surface area (Å²) in [5.74, 6) is 1.04. The molecule has 3 fully saturated rings. The van der Waals surface area contributed by atoms with Gasteiger partial charge in [0.1, 0.15) is 18.6 Å². The Morgan fingerprint density at radius 2 is 2.08 bits per heavy atom. The van der Waals surface area contributed by atoms with Crippen LogP contribution in [0.25, 0.3) is 0 Å². The zero-order valence-corrected chi connectivity index (χ0v) is 16.2. The molecule has 1 unspecified atom stereocenters. The largest absolute Gasteiger partial charge is 0.462 e. The fourth-order valence-electron chi connectivity index (χ4n) is 5.88. The van der Waals surface area contributed by atoms with Gasteiger partial charge in [-0.2, -0.15) is 0 Å². The third-order valence-corrected chi connectivity index (χ3v) is 7.24. The van der Waals surface area contributed by atoms with E-state index in [4.69, 9.17) is 4.74 Å². The van der Waals surface area contributed by atoms with Crippen molar-refractivity contribution in [3.63, 3.8) is 0 Å². The molecule has 140 valence electrons. The fourth-order valence-corrected chi connectivity index (χ4v) is 5.88. The number of benzene rings is 1. The van der Waals surface area contributed by atoms with E-state index in [1.54, 1.807) is 0 Å². The maximum absolute atomic E-state index is 12.7. The molecule has 1 heterocycles. The van der Waals surface area contributed by atoms with Gasteiger partial charge in [-0.05, 0) is 43.4 Å². The predicted octanol–water partition coefficient (Wildman–Crippen LogP) is 3.02. The molecule has 4 rings (SSSR count). The van der Waals surface area contributed by atoms with Crippen LogP contribution in [0.1, 0.15) is 44.6 Å². The summed E-state index contributed by atoms with van der Waals surface area (Å²) in [6, 6.07) is 10.5. The molecule has 1 aromatic rings. The van der Waals surface area contributed by atoms with E-state index in [0.717, 1.165) is 32.4 Å². The molecule has 1 aromatic carbocycles. The lowest BCUT2D eigenvalue weighted by Gasteiger charge is -2.50. The second-order valence-electron chi connectivity index (χ2n) is 9.23. The van der Waals surface area contributed by atoms with Crippen LogP contribution in [-0.2, 0) is 16.1 Å². The first-order chi connectivity index (χ1) is 12.5. The van der Waals surface area contributed by atoms with Gasteiger partial charge in [0.25, 0.3) is 0 Å². The summed E-state index contributed by atoms with van der Waals surface area (Å²) >= 11 is 0. The van der Waals surface area contributed by atoms with Gasteiger partial charge in [-0.25, -0.2) is 0 Å². The third-order valence-electron chi connectivity index (χ3n) is 7.24. The highest BCUT2D eigenvalue weighted by Gasteiger charge is 2.55. The molecule has 0 amide bonds. The molecule has 1 N–H and O–H groups in total. The second-order valence-corrected chi connectivity index (χ2v) is 9.23. The number of fused-ring (bicyclic) bond motifs is 2.